The Balaban J connectivity index is 2.52. The number of aromatic hydroxyl groups is 1. The second-order valence-electron chi connectivity index (χ2n) is 4.62. The lowest BCUT2D eigenvalue weighted by Crippen LogP contribution is -2.45. The molecule has 0 radical (unpaired) electrons. The summed E-state index contributed by atoms with van der Waals surface area (Å²) in [6.07, 6.45) is 0. The number of ether oxygens (including phenoxy) is 1. The number of phenols is 1. The Hall–Kier alpha value is -1.31. The van der Waals surface area contributed by atoms with Gasteiger partial charge in [0.2, 0.25) is 0 Å². The Bertz CT molecular complexity index is 655. The largest absolute Gasteiger partial charge is 0.505 e. The van der Waals surface area contributed by atoms with Crippen molar-refractivity contribution in [2.24, 2.45) is 0 Å². The summed E-state index contributed by atoms with van der Waals surface area (Å²) in [6.45, 7) is 3.77. The summed E-state index contributed by atoms with van der Waals surface area (Å²) in [7, 11) is 0. The predicted octanol–water partition coefficient (Wildman–Crippen LogP) is 3.16. The topological polar surface area (TPSA) is 70.6 Å². The maximum Gasteiger partial charge on any atom is 0.338 e. The minimum Gasteiger partial charge on any atom is -0.505 e. The number of thiocarbonyl (C=S) groups is 1. The first-order chi connectivity index (χ1) is 10.3. The minimum absolute atomic E-state index is 0.0553. The predicted molar refractivity (Wildman–Crippen MR) is 91.8 cm³/mol. The molecule has 1 aliphatic rings. The molecule has 3 N–H and O–H groups in total. The van der Waals surface area contributed by atoms with Crippen LogP contribution in [0.1, 0.15) is 25.5 Å². The van der Waals surface area contributed by atoms with E-state index in [1.807, 2.05) is 0 Å². The van der Waals surface area contributed by atoms with Crippen LogP contribution in [-0.2, 0) is 9.53 Å². The number of phenolic OH excluding ortho intramolecular Hbond substituents is 1. The number of hydrogen-bond donors (Lipinski definition) is 3. The van der Waals surface area contributed by atoms with Crippen molar-refractivity contribution in [3.63, 3.8) is 0 Å². The molecule has 0 spiro atoms. The Morgan fingerprint density at radius 3 is 2.82 bits per heavy atom. The van der Waals surface area contributed by atoms with Crippen LogP contribution in [0.5, 0.6) is 5.75 Å². The van der Waals surface area contributed by atoms with E-state index in [1.165, 1.54) is 0 Å². The molecule has 1 aromatic carbocycles. The zero-order valence-corrected chi connectivity index (χ0v) is 15.0. The van der Waals surface area contributed by atoms with Crippen molar-refractivity contribution in [2.45, 2.75) is 19.9 Å². The highest BCUT2D eigenvalue weighted by molar-refractivity contribution is 9.10. The molecule has 118 valence electrons. The first-order valence-corrected chi connectivity index (χ1v) is 8.06. The number of carbonyl (C=O) groups is 1. The van der Waals surface area contributed by atoms with E-state index in [2.05, 4.69) is 26.6 Å². The van der Waals surface area contributed by atoms with Crippen molar-refractivity contribution in [3.8, 4) is 5.75 Å². The van der Waals surface area contributed by atoms with Crippen molar-refractivity contribution < 1.29 is 14.6 Å². The van der Waals surface area contributed by atoms with E-state index in [1.54, 1.807) is 26.0 Å². The number of hydrogen-bond acceptors (Lipinski definition) is 4. The van der Waals surface area contributed by atoms with Gasteiger partial charge in [-0.15, -0.1) is 0 Å². The summed E-state index contributed by atoms with van der Waals surface area (Å²) in [4.78, 5) is 12.2. The third-order valence-electron chi connectivity index (χ3n) is 3.14. The summed E-state index contributed by atoms with van der Waals surface area (Å²) >= 11 is 14.4. The SMILES string of the molecule is CCOC(=O)C1=C(C)NC(=S)N[C@H]1c1cc(Cl)c(O)c(Br)c1. The van der Waals surface area contributed by atoms with E-state index in [0.29, 0.717) is 26.4 Å². The van der Waals surface area contributed by atoms with Gasteiger partial charge in [0.15, 0.2) is 5.11 Å². The fourth-order valence-corrected chi connectivity index (χ4v) is 3.27. The molecule has 1 aromatic rings. The molecule has 2 rings (SSSR count). The van der Waals surface area contributed by atoms with Gasteiger partial charge in [-0.05, 0) is 59.7 Å². The van der Waals surface area contributed by atoms with Gasteiger partial charge < -0.3 is 20.5 Å². The van der Waals surface area contributed by atoms with Gasteiger partial charge in [0.25, 0.3) is 0 Å². The highest BCUT2D eigenvalue weighted by Gasteiger charge is 2.31. The lowest BCUT2D eigenvalue weighted by atomic mass is 9.95. The molecule has 0 unspecified atom stereocenters. The summed E-state index contributed by atoms with van der Waals surface area (Å²) in [5, 5.41) is 16.3. The third kappa shape index (κ3) is 3.37. The van der Waals surface area contributed by atoms with Gasteiger partial charge in [-0.3, -0.25) is 0 Å². The molecule has 22 heavy (non-hydrogen) atoms. The van der Waals surface area contributed by atoms with Crippen LogP contribution in [0.4, 0.5) is 0 Å². The second-order valence-corrected chi connectivity index (χ2v) is 6.29. The van der Waals surface area contributed by atoms with Gasteiger partial charge in [-0.1, -0.05) is 11.6 Å². The van der Waals surface area contributed by atoms with Crippen LogP contribution in [0.25, 0.3) is 0 Å². The molecule has 0 aromatic heterocycles. The number of carbonyl (C=O) groups excluding carboxylic acids is 1. The summed E-state index contributed by atoms with van der Waals surface area (Å²) in [5.74, 6) is -0.492. The number of esters is 1. The van der Waals surface area contributed by atoms with E-state index in [9.17, 15) is 9.90 Å². The van der Waals surface area contributed by atoms with Crippen LogP contribution >= 0.6 is 39.7 Å². The van der Waals surface area contributed by atoms with E-state index < -0.39 is 12.0 Å². The quantitative estimate of drug-likeness (QED) is 0.530. The van der Waals surface area contributed by atoms with Gasteiger partial charge in [0.1, 0.15) is 5.75 Å². The maximum atomic E-state index is 12.2. The van der Waals surface area contributed by atoms with Gasteiger partial charge in [-0.25, -0.2) is 4.79 Å². The van der Waals surface area contributed by atoms with Crippen molar-refractivity contribution >= 4 is 50.8 Å². The zero-order valence-electron chi connectivity index (χ0n) is 11.9. The van der Waals surface area contributed by atoms with Crippen LogP contribution in [0.15, 0.2) is 27.9 Å². The van der Waals surface area contributed by atoms with E-state index in [4.69, 9.17) is 28.6 Å². The van der Waals surface area contributed by atoms with Crippen molar-refractivity contribution in [3.05, 3.63) is 38.5 Å². The van der Waals surface area contributed by atoms with Crippen molar-refractivity contribution in [2.75, 3.05) is 6.61 Å². The molecule has 1 aliphatic heterocycles. The van der Waals surface area contributed by atoms with Crippen LogP contribution in [0.3, 0.4) is 0 Å². The molecule has 8 heteroatoms. The Kier molecular flexibility index (Phi) is 5.31. The van der Waals surface area contributed by atoms with Gasteiger partial charge in [0.05, 0.1) is 27.7 Å². The molecule has 0 aliphatic carbocycles. The Labute approximate surface area is 146 Å². The van der Waals surface area contributed by atoms with Crippen molar-refractivity contribution in [1.29, 1.82) is 0 Å². The van der Waals surface area contributed by atoms with Gasteiger partial charge in [0, 0.05) is 5.70 Å². The first kappa shape index (κ1) is 17.1. The molecule has 1 atom stereocenters. The zero-order chi connectivity index (χ0) is 16.4. The molecular formula is C14H14BrClN2O3S. The smallest absolute Gasteiger partial charge is 0.338 e. The lowest BCUT2D eigenvalue weighted by molar-refractivity contribution is -0.139. The van der Waals surface area contributed by atoms with E-state index in [-0.39, 0.29) is 17.4 Å². The summed E-state index contributed by atoms with van der Waals surface area (Å²) in [6, 6.07) is 2.75. The average Bonchev–Trinajstić information content (AvgIpc) is 2.43. The third-order valence-corrected chi connectivity index (χ3v) is 4.25. The fraction of sp³-hybridized carbons (Fsp3) is 0.286. The molecule has 0 fully saturated rings. The average molecular weight is 406 g/mol. The van der Waals surface area contributed by atoms with Crippen molar-refractivity contribution in [1.82, 2.24) is 10.6 Å². The lowest BCUT2D eigenvalue weighted by Gasteiger charge is -2.30. The number of rotatable bonds is 3. The van der Waals surface area contributed by atoms with Crippen LogP contribution in [-0.4, -0.2) is 22.8 Å². The molecular weight excluding hydrogens is 392 g/mol. The van der Waals surface area contributed by atoms with Crippen LogP contribution < -0.4 is 10.6 Å². The molecule has 5 nitrogen and oxygen atoms in total. The number of nitrogens with one attached hydrogen (secondary N) is 2. The highest BCUT2D eigenvalue weighted by atomic mass is 79.9. The minimum atomic E-state index is -0.512. The molecule has 0 bridgehead atoms. The van der Waals surface area contributed by atoms with Gasteiger partial charge >= 0.3 is 5.97 Å². The Morgan fingerprint density at radius 2 is 2.23 bits per heavy atom. The van der Waals surface area contributed by atoms with E-state index >= 15 is 0 Å². The van der Waals surface area contributed by atoms with Gasteiger partial charge in [-0.2, -0.15) is 0 Å². The standard InChI is InChI=1S/C14H14BrClN2O3S/c1-3-21-13(20)10-6(2)17-14(22)18-11(10)7-4-8(15)12(19)9(16)5-7/h4-5,11,19H,3H2,1-2H3,(H2,17,18,22)/t11-/m0/s1. The number of benzene rings is 1. The van der Waals surface area contributed by atoms with Crippen LogP contribution in [0.2, 0.25) is 5.02 Å². The Morgan fingerprint density at radius 1 is 1.55 bits per heavy atom. The number of halogens is 2. The van der Waals surface area contributed by atoms with Crippen LogP contribution in [0, 0.1) is 0 Å². The molecule has 0 saturated carbocycles. The van der Waals surface area contributed by atoms with E-state index in [0.717, 1.165) is 0 Å². The second kappa shape index (κ2) is 6.85. The fourth-order valence-electron chi connectivity index (χ4n) is 2.18. The molecule has 0 amide bonds. The normalized spacial score (nSPS) is 17.8. The highest BCUT2D eigenvalue weighted by Crippen LogP contribution is 2.37. The molecule has 1 heterocycles. The maximum absolute atomic E-state index is 12.2. The summed E-state index contributed by atoms with van der Waals surface area (Å²) < 4.78 is 5.54. The molecule has 0 saturated heterocycles. The monoisotopic (exact) mass is 404 g/mol. The summed E-state index contributed by atoms with van der Waals surface area (Å²) in [5.41, 5.74) is 1.72. The number of allylic oxidation sites excluding steroid dienone is 1. The first-order valence-electron chi connectivity index (χ1n) is 6.48.